The number of carbonyl (C=O) groups excluding carboxylic acids is 2. The number of hydrogen-bond donors (Lipinski definition) is 1. The lowest BCUT2D eigenvalue weighted by Crippen LogP contribution is -2.33. The third-order valence-electron chi connectivity index (χ3n) is 4.16. The van der Waals surface area contributed by atoms with Crippen molar-refractivity contribution in [1.82, 2.24) is 25.0 Å². The molecule has 1 fully saturated rings. The Morgan fingerprint density at radius 1 is 1.38 bits per heavy atom. The number of pyridine rings is 1. The highest BCUT2D eigenvalue weighted by Gasteiger charge is 2.30. The molecule has 24 heavy (non-hydrogen) atoms. The van der Waals surface area contributed by atoms with Gasteiger partial charge in [0.15, 0.2) is 0 Å². The Morgan fingerprint density at radius 2 is 2.25 bits per heavy atom. The summed E-state index contributed by atoms with van der Waals surface area (Å²) in [5.74, 6) is -0.00409. The van der Waals surface area contributed by atoms with E-state index >= 15 is 0 Å². The molecule has 0 spiro atoms. The van der Waals surface area contributed by atoms with Crippen LogP contribution in [-0.2, 0) is 22.7 Å². The van der Waals surface area contributed by atoms with Crippen LogP contribution in [0.4, 0.5) is 0 Å². The quantitative estimate of drug-likeness (QED) is 0.897. The van der Waals surface area contributed by atoms with Gasteiger partial charge in [-0.3, -0.25) is 19.3 Å². The fourth-order valence-corrected chi connectivity index (χ4v) is 2.96. The highest BCUT2D eigenvalue weighted by Crippen LogP contribution is 2.30. The molecule has 7 nitrogen and oxygen atoms in total. The number of nitrogens with one attached hydrogen (secondary N) is 1. The normalized spacial score (nSPS) is 17.0. The Kier molecular flexibility index (Phi) is 4.88. The van der Waals surface area contributed by atoms with Gasteiger partial charge in [-0.25, -0.2) is 0 Å². The number of likely N-dealkylation sites (tertiary alicyclic amines) is 1. The molecule has 1 aliphatic heterocycles. The average Bonchev–Trinajstić information content (AvgIpc) is 3.24. The molecule has 0 saturated carbocycles. The summed E-state index contributed by atoms with van der Waals surface area (Å²) in [6.07, 6.45) is 7.12. The molecule has 0 bridgehead atoms. The van der Waals surface area contributed by atoms with Crippen molar-refractivity contribution in [2.45, 2.75) is 38.9 Å². The molecule has 1 unspecified atom stereocenters. The zero-order valence-electron chi connectivity index (χ0n) is 13.7. The molecule has 0 aliphatic carbocycles. The Morgan fingerprint density at radius 3 is 2.92 bits per heavy atom. The van der Waals surface area contributed by atoms with E-state index in [0.717, 1.165) is 30.6 Å². The number of carbonyl (C=O) groups is 2. The van der Waals surface area contributed by atoms with Crippen LogP contribution >= 0.6 is 0 Å². The van der Waals surface area contributed by atoms with Crippen molar-refractivity contribution >= 4 is 11.8 Å². The van der Waals surface area contributed by atoms with E-state index in [0.29, 0.717) is 6.54 Å². The number of hydrogen-bond acceptors (Lipinski definition) is 4. The first-order valence-corrected chi connectivity index (χ1v) is 8.09. The summed E-state index contributed by atoms with van der Waals surface area (Å²) in [7, 11) is 0. The number of amides is 2. The highest BCUT2D eigenvalue weighted by molar-refractivity contribution is 5.76. The van der Waals surface area contributed by atoms with E-state index in [4.69, 9.17) is 0 Å². The van der Waals surface area contributed by atoms with Crippen LogP contribution in [0.15, 0.2) is 36.8 Å². The highest BCUT2D eigenvalue weighted by atomic mass is 16.2. The second-order valence-corrected chi connectivity index (χ2v) is 5.95. The molecule has 2 amide bonds. The van der Waals surface area contributed by atoms with Gasteiger partial charge in [-0.05, 0) is 30.5 Å². The Labute approximate surface area is 140 Å². The van der Waals surface area contributed by atoms with Gasteiger partial charge in [0.05, 0.1) is 11.7 Å². The lowest BCUT2D eigenvalue weighted by Gasteiger charge is -2.24. The van der Waals surface area contributed by atoms with Crippen molar-refractivity contribution in [3.8, 4) is 0 Å². The second-order valence-electron chi connectivity index (χ2n) is 5.95. The molecule has 3 rings (SSSR count). The summed E-state index contributed by atoms with van der Waals surface area (Å²) in [6.45, 7) is 2.96. The van der Waals surface area contributed by atoms with E-state index in [1.807, 2.05) is 23.1 Å². The van der Waals surface area contributed by atoms with Gasteiger partial charge in [0, 0.05) is 38.6 Å². The maximum atomic E-state index is 12.5. The van der Waals surface area contributed by atoms with Crippen molar-refractivity contribution in [3.05, 3.63) is 48.0 Å². The van der Waals surface area contributed by atoms with Crippen LogP contribution in [0, 0.1) is 0 Å². The van der Waals surface area contributed by atoms with Gasteiger partial charge in [0.1, 0.15) is 6.54 Å². The Hall–Kier alpha value is -2.70. The molecule has 0 aromatic carbocycles. The molecule has 7 heteroatoms. The van der Waals surface area contributed by atoms with Crippen LogP contribution in [0.1, 0.15) is 37.1 Å². The molecular weight excluding hydrogens is 306 g/mol. The minimum atomic E-state index is -0.0646. The third-order valence-corrected chi connectivity index (χ3v) is 4.16. The zero-order chi connectivity index (χ0) is 16.9. The number of nitrogens with zero attached hydrogens (tertiary/aromatic N) is 4. The van der Waals surface area contributed by atoms with Crippen LogP contribution in [0.25, 0.3) is 0 Å². The van der Waals surface area contributed by atoms with Gasteiger partial charge in [0.2, 0.25) is 11.8 Å². The molecule has 1 atom stereocenters. The monoisotopic (exact) mass is 327 g/mol. The largest absolute Gasteiger partial charge is 0.352 e. The summed E-state index contributed by atoms with van der Waals surface area (Å²) in [5.41, 5.74) is 1.84. The molecule has 0 radical (unpaired) electrons. The van der Waals surface area contributed by atoms with Gasteiger partial charge in [-0.15, -0.1) is 0 Å². The van der Waals surface area contributed by atoms with E-state index in [1.165, 1.54) is 6.92 Å². The molecule has 1 saturated heterocycles. The summed E-state index contributed by atoms with van der Waals surface area (Å²) in [4.78, 5) is 29.9. The first-order chi connectivity index (χ1) is 11.6. The van der Waals surface area contributed by atoms with Crippen LogP contribution in [0.2, 0.25) is 0 Å². The standard InChI is InChI=1S/C17H21N5O2/c1-13(23)18-10-14-5-6-15(19-11-14)16-4-2-9-22(16)17(24)12-21-8-3-7-20-21/h3,5-8,11,16H,2,4,9-10,12H2,1H3,(H,18,23). The van der Waals surface area contributed by atoms with Crippen LogP contribution in [0.3, 0.4) is 0 Å². The molecule has 1 aliphatic rings. The summed E-state index contributed by atoms with van der Waals surface area (Å²) < 4.78 is 1.64. The SMILES string of the molecule is CC(=O)NCc1ccc(C2CCCN2C(=O)Cn2cccn2)nc1. The lowest BCUT2D eigenvalue weighted by atomic mass is 10.1. The van der Waals surface area contributed by atoms with E-state index in [2.05, 4.69) is 15.4 Å². The van der Waals surface area contributed by atoms with Gasteiger partial charge in [-0.1, -0.05) is 6.07 Å². The molecule has 1 N–H and O–H groups in total. The summed E-state index contributed by atoms with van der Waals surface area (Å²) >= 11 is 0. The second kappa shape index (κ2) is 7.25. The predicted octanol–water partition coefficient (Wildman–Crippen LogP) is 1.28. The van der Waals surface area contributed by atoms with E-state index in [9.17, 15) is 9.59 Å². The Balaban J connectivity index is 1.66. The van der Waals surface area contributed by atoms with E-state index < -0.39 is 0 Å². The minimum absolute atomic E-state index is 0.0166. The maximum absolute atomic E-state index is 12.5. The van der Waals surface area contributed by atoms with E-state index in [1.54, 1.807) is 23.3 Å². The van der Waals surface area contributed by atoms with Crippen LogP contribution < -0.4 is 5.32 Å². The minimum Gasteiger partial charge on any atom is -0.352 e. The van der Waals surface area contributed by atoms with Crippen molar-refractivity contribution in [2.75, 3.05) is 6.54 Å². The lowest BCUT2D eigenvalue weighted by molar-refractivity contribution is -0.133. The van der Waals surface area contributed by atoms with Crippen molar-refractivity contribution in [1.29, 1.82) is 0 Å². The van der Waals surface area contributed by atoms with E-state index in [-0.39, 0.29) is 24.4 Å². The first kappa shape index (κ1) is 16.2. The van der Waals surface area contributed by atoms with Crippen molar-refractivity contribution in [2.24, 2.45) is 0 Å². The van der Waals surface area contributed by atoms with Crippen LogP contribution in [0.5, 0.6) is 0 Å². The summed E-state index contributed by atoms with van der Waals surface area (Å²) in [5, 5.41) is 6.84. The predicted molar refractivity (Wildman–Crippen MR) is 87.7 cm³/mol. The van der Waals surface area contributed by atoms with Gasteiger partial charge >= 0.3 is 0 Å². The van der Waals surface area contributed by atoms with Gasteiger partial charge in [0.25, 0.3) is 0 Å². The molecule has 126 valence electrons. The van der Waals surface area contributed by atoms with Crippen LogP contribution in [-0.4, -0.2) is 38.0 Å². The zero-order valence-corrected chi connectivity index (χ0v) is 13.7. The van der Waals surface area contributed by atoms with Gasteiger partial charge in [-0.2, -0.15) is 5.10 Å². The Bertz CT molecular complexity index is 696. The van der Waals surface area contributed by atoms with Gasteiger partial charge < -0.3 is 10.2 Å². The number of rotatable bonds is 5. The smallest absolute Gasteiger partial charge is 0.244 e. The number of aromatic nitrogens is 3. The summed E-state index contributed by atoms with van der Waals surface area (Å²) in [6, 6.07) is 5.72. The van der Waals surface area contributed by atoms with Crippen molar-refractivity contribution in [3.63, 3.8) is 0 Å². The average molecular weight is 327 g/mol. The third kappa shape index (κ3) is 3.79. The fourth-order valence-electron chi connectivity index (χ4n) is 2.96. The molecule has 3 heterocycles. The fraction of sp³-hybridized carbons (Fsp3) is 0.412. The first-order valence-electron chi connectivity index (χ1n) is 8.09. The molecule has 2 aromatic rings. The maximum Gasteiger partial charge on any atom is 0.244 e. The molecular formula is C17H21N5O2. The topological polar surface area (TPSA) is 80.1 Å². The van der Waals surface area contributed by atoms with Crippen molar-refractivity contribution < 1.29 is 9.59 Å². The molecule has 2 aromatic heterocycles.